The highest BCUT2D eigenvalue weighted by Crippen LogP contribution is 2.31. The fraction of sp³-hybridized carbons (Fsp3) is 0.714. The molecule has 1 saturated carbocycles. The Labute approximate surface area is 114 Å². The van der Waals surface area contributed by atoms with E-state index in [-0.39, 0.29) is 5.91 Å². The summed E-state index contributed by atoms with van der Waals surface area (Å²) in [5.74, 6) is -1.32. The van der Waals surface area contributed by atoms with Gasteiger partial charge in [0.05, 0.1) is 0 Å². The van der Waals surface area contributed by atoms with Crippen molar-refractivity contribution in [2.75, 3.05) is 7.11 Å². The third-order valence-electron chi connectivity index (χ3n) is 3.73. The molecule has 19 heavy (non-hydrogen) atoms. The molecule has 0 aliphatic heterocycles. The zero-order valence-corrected chi connectivity index (χ0v) is 11.5. The Hall–Kier alpha value is -1.36. The molecule has 0 radical (unpaired) electrons. The van der Waals surface area contributed by atoms with Gasteiger partial charge in [0.2, 0.25) is 0 Å². The second-order valence-electron chi connectivity index (χ2n) is 4.99. The number of ether oxygens (including phenoxy) is 1. The van der Waals surface area contributed by atoms with Gasteiger partial charge in [-0.2, -0.15) is 0 Å². The van der Waals surface area contributed by atoms with Gasteiger partial charge in [0, 0.05) is 7.11 Å². The first kappa shape index (κ1) is 15.7. The molecule has 108 valence electrons. The Morgan fingerprint density at radius 3 is 2.53 bits per heavy atom. The fourth-order valence-corrected chi connectivity index (χ4v) is 2.48. The summed E-state index contributed by atoms with van der Waals surface area (Å²) in [6.45, 7) is 3.56. The van der Waals surface area contributed by atoms with Crippen LogP contribution in [0.25, 0.3) is 0 Å². The molecule has 1 aliphatic rings. The van der Waals surface area contributed by atoms with Crippen molar-refractivity contribution in [1.29, 1.82) is 0 Å². The number of allylic oxidation sites excluding steroid dienone is 1. The number of carboxylic acids is 1. The van der Waals surface area contributed by atoms with Gasteiger partial charge in [0.1, 0.15) is 11.6 Å². The van der Waals surface area contributed by atoms with Crippen LogP contribution in [-0.2, 0) is 14.3 Å². The number of methoxy groups -OCH3 is 1. The van der Waals surface area contributed by atoms with Crippen molar-refractivity contribution < 1.29 is 19.4 Å². The smallest absolute Gasteiger partial charge is 0.326 e. The number of amides is 1. The standard InChI is InChI=1S/C14H23NO4/c1-3-4-8-11(12(16)17)15-13(18)14(19-2)9-6-5-7-10-14/h3,11H,1,4-10H2,2H3,(H,15,18)(H,16,17). The van der Waals surface area contributed by atoms with Crippen LogP contribution in [0.1, 0.15) is 44.9 Å². The molecule has 0 spiro atoms. The van der Waals surface area contributed by atoms with Gasteiger partial charge in [-0.05, 0) is 25.7 Å². The predicted molar refractivity (Wildman–Crippen MR) is 71.8 cm³/mol. The van der Waals surface area contributed by atoms with E-state index in [9.17, 15) is 9.59 Å². The second-order valence-corrected chi connectivity index (χ2v) is 4.99. The van der Waals surface area contributed by atoms with Crippen LogP contribution in [0.3, 0.4) is 0 Å². The monoisotopic (exact) mass is 269 g/mol. The number of hydrogen-bond acceptors (Lipinski definition) is 3. The topological polar surface area (TPSA) is 75.6 Å². The zero-order chi connectivity index (χ0) is 14.3. The van der Waals surface area contributed by atoms with Gasteiger partial charge < -0.3 is 15.2 Å². The van der Waals surface area contributed by atoms with Crippen molar-refractivity contribution in [3.05, 3.63) is 12.7 Å². The molecule has 1 atom stereocenters. The normalized spacial score (nSPS) is 19.4. The lowest BCUT2D eigenvalue weighted by atomic mass is 9.83. The first-order chi connectivity index (χ1) is 9.05. The number of carbonyl (C=O) groups is 2. The minimum Gasteiger partial charge on any atom is -0.480 e. The molecule has 0 aromatic carbocycles. The molecule has 0 bridgehead atoms. The number of rotatable bonds is 7. The van der Waals surface area contributed by atoms with Crippen molar-refractivity contribution in [3.63, 3.8) is 0 Å². The summed E-state index contributed by atoms with van der Waals surface area (Å²) in [6, 6.07) is -0.876. The number of hydrogen-bond donors (Lipinski definition) is 2. The Kier molecular flexibility index (Phi) is 6.02. The molecule has 1 fully saturated rings. The van der Waals surface area contributed by atoms with Crippen LogP contribution in [0.15, 0.2) is 12.7 Å². The van der Waals surface area contributed by atoms with E-state index in [0.717, 1.165) is 19.3 Å². The van der Waals surface area contributed by atoms with Gasteiger partial charge in [-0.15, -0.1) is 6.58 Å². The van der Waals surface area contributed by atoms with Crippen molar-refractivity contribution >= 4 is 11.9 Å². The van der Waals surface area contributed by atoms with E-state index < -0.39 is 17.6 Å². The van der Waals surface area contributed by atoms with Gasteiger partial charge in [-0.25, -0.2) is 4.79 Å². The van der Waals surface area contributed by atoms with E-state index in [0.29, 0.717) is 25.7 Å². The van der Waals surface area contributed by atoms with E-state index in [1.807, 2.05) is 0 Å². The Morgan fingerprint density at radius 2 is 2.05 bits per heavy atom. The van der Waals surface area contributed by atoms with Crippen LogP contribution >= 0.6 is 0 Å². The number of aliphatic carboxylic acids is 1. The lowest BCUT2D eigenvalue weighted by molar-refractivity contribution is -0.152. The Bertz CT molecular complexity index is 334. The van der Waals surface area contributed by atoms with Gasteiger partial charge in [-0.3, -0.25) is 4.79 Å². The first-order valence-corrected chi connectivity index (χ1v) is 6.75. The molecule has 1 amide bonds. The number of nitrogens with one attached hydrogen (secondary N) is 1. The lowest BCUT2D eigenvalue weighted by Crippen LogP contribution is -2.54. The summed E-state index contributed by atoms with van der Waals surface area (Å²) in [4.78, 5) is 23.4. The van der Waals surface area contributed by atoms with E-state index in [1.54, 1.807) is 6.08 Å². The van der Waals surface area contributed by atoms with Crippen molar-refractivity contribution in [3.8, 4) is 0 Å². The molecular formula is C14H23NO4. The maximum atomic E-state index is 12.3. The minimum atomic E-state index is -1.02. The molecule has 1 rings (SSSR count). The number of carbonyl (C=O) groups excluding carboxylic acids is 1. The van der Waals surface area contributed by atoms with Crippen LogP contribution in [0.2, 0.25) is 0 Å². The number of carboxylic acid groups (broad SMARTS) is 1. The summed E-state index contributed by atoms with van der Waals surface area (Å²) >= 11 is 0. The van der Waals surface area contributed by atoms with E-state index in [4.69, 9.17) is 9.84 Å². The molecule has 5 nitrogen and oxygen atoms in total. The Morgan fingerprint density at radius 1 is 1.42 bits per heavy atom. The first-order valence-electron chi connectivity index (χ1n) is 6.75. The molecule has 1 aliphatic carbocycles. The Balaban J connectivity index is 2.68. The third-order valence-corrected chi connectivity index (χ3v) is 3.73. The molecular weight excluding hydrogens is 246 g/mol. The molecule has 0 aromatic rings. The highest BCUT2D eigenvalue weighted by molar-refractivity contribution is 5.89. The molecule has 0 heterocycles. The van der Waals surface area contributed by atoms with Crippen LogP contribution in [0.5, 0.6) is 0 Å². The van der Waals surface area contributed by atoms with E-state index in [2.05, 4.69) is 11.9 Å². The van der Waals surface area contributed by atoms with Crippen LogP contribution in [0.4, 0.5) is 0 Å². The predicted octanol–water partition coefficient (Wildman–Crippen LogP) is 1.87. The molecule has 5 heteroatoms. The van der Waals surface area contributed by atoms with Gasteiger partial charge in [-0.1, -0.05) is 25.3 Å². The van der Waals surface area contributed by atoms with E-state index in [1.165, 1.54) is 7.11 Å². The summed E-state index contributed by atoms with van der Waals surface area (Å²) in [7, 11) is 1.52. The van der Waals surface area contributed by atoms with Crippen molar-refractivity contribution in [2.24, 2.45) is 0 Å². The van der Waals surface area contributed by atoms with Crippen LogP contribution in [-0.4, -0.2) is 35.7 Å². The molecule has 0 aromatic heterocycles. The summed E-state index contributed by atoms with van der Waals surface area (Å²) < 4.78 is 5.40. The maximum absolute atomic E-state index is 12.3. The highest BCUT2D eigenvalue weighted by atomic mass is 16.5. The van der Waals surface area contributed by atoms with Crippen molar-refractivity contribution in [1.82, 2.24) is 5.32 Å². The average Bonchev–Trinajstić information content (AvgIpc) is 2.43. The van der Waals surface area contributed by atoms with Crippen molar-refractivity contribution in [2.45, 2.75) is 56.6 Å². The lowest BCUT2D eigenvalue weighted by Gasteiger charge is -2.35. The quantitative estimate of drug-likeness (QED) is 0.692. The van der Waals surface area contributed by atoms with Gasteiger partial charge in [0.25, 0.3) is 5.91 Å². The summed E-state index contributed by atoms with van der Waals surface area (Å²) in [5.41, 5.74) is -0.847. The molecule has 1 unspecified atom stereocenters. The highest BCUT2D eigenvalue weighted by Gasteiger charge is 2.40. The van der Waals surface area contributed by atoms with Gasteiger partial charge in [0.15, 0.2) is 0 Å². The van der Waals surface area contributed by atoms with Crippen LogP contribution < -0.4 is 5.32 Å². The average molecular weight is 269 g/mol. The maximum Gasteiger partial charge on any atom is 0.326 e. The summed E-state index contributed by atoms with van der Waals surface area (Å²) in [5, 5.41) is 11.7. The SMILES string of the molecule is C=CCCC(NC(=O)C1(OC)CCCCC1)C(=O)O. The fourth-order valence-electron chi connectivity index (χ4n) is 2.48. The van der Waals surface area contributed by atoms with E-state index >= 15 is 0 Å². The summed E-state index contributed by atoms with van der Waals surface area (Å²) in [6.07, 6.45) is 6.83. The second kappa shape index (κ2) is 7.28. The van der Waals surface area contributed by atoms with Crippen LogP contribution in [0, 0.1) is 0 Å². The molecule has 2 N–H and O–H groups in total. The zero-order valence-electron chi connectivity index (χ0n) is 11.5. The van der Waals surface area contributed by atoms with Gasteiger partial charge >= 0.3 is 5.97 Å². The minimum absolute atomic E-state index is 0.300. The third kappa shape index (κ3) is 4.06. The molecule has 0 saturated heterocycles. The largest absolute Gasteiger partial charge is 0.480 e.